The quantitative estimate of drug-likeness (QED) is 0.649. The minimum atomic E-state index is -0.393. The number of carbonyl (C=O) groups is 1. The van der Waals surface area contributed by atoms with Crippen LogP contribution < -0.4 is 5.73 Å². The lowest BCUT2D eigenvalue weighted by Gasteiger charge is -2.00. The Bertz CT molecular complexity index is 306. The molecule has 0 aliphatic rings. The van der Waals surface area contributed by atoms with Gasteiger partial charge < -0.3 is 5.73 Å². The van der Waals surface area contributed by atoms with Crippen molar-refractivity contribution >= 4 is 34.1 Å². The first kappa shape index (κ1) is 9.25. The molecular formula is C9H8INO. The highest BCUT2D eigenvalue weighted by molar-refractivity contribution is 14.1. The first-order chi connectivity index (χ1) is 5.75. The van der Waals surface area contributed by atoms with Crippen LogP contribution in [0.2, 0.25) is 0 Å². The number of carbonyl (C=O) groups excluding carboxylic acids is 1. The summed E-state index contributed by atoms with van der Waals surface area (Å²) >= 11 is 2.01. The van der Waals surface area contributed by atoms with Gasteiger partial charge in [-0.3, -0.25) is 4.79 Å². The summed E-state index contributed by atoms with van der Waals surface area (Å²) in [5, 5.41) is 0. The van der Waals surface area contributed by atoms with E-state index in [9.17, 15) is 4.79 Å². The largest absolute Gasteiger partial charge is 0.366 e. The zero-order valence-corrected chi connectivity index (χ0v) is 8.49. The van der Waals surface area contributed by atoms with Crippen LogP contribution in [0.25, 0.3) is 5.57 Å². The molecule has 12 heavy (non-hydrogen) atoms. The molecule has 2 nitrogen and oxygen atoms in total. The molecule has 62 valence electrons. The predicted molar refractivity (Wildman–Crippen MR) is 57.6 cm³/mol. The molecule has 0 aromatic heterocycles. The van der Waals surface area contributed by atoms with Crippen molar-refractivity contribution in [3.05, 3.63) is 40.0 Å². The third-order valence-electron chi connectivity index (χ3n) is 1.46. The SMILES string of the molecule is NC(=O)C(=CI)c1ccccc1. The summed E-state index contributed by atoms with van der Waals surface area (Å²) in [6, 6.07) is 9.36. The van der Waals surface area contributed by atoms with Crippen molar-refractivity contribution in [2.75, 3.05) is 0 Å². The number of benzene rings is 1. The van der Waals surface area contributed by atoms with Crippen molar-refractivity contribution in [3.63, 3.8) is 0 Å². The molecule has 2 N–H and O–H groups in total. The fourth-order valence-corrected chi connectivity index (χ4v) is 1.54. The standard InChI is InChI=1S/C9H8INO/c10-6-8(9(11)12)7-4-2-1-3-5-7/h1-6H,(H2,11,12). The Balaban J connectivity index is 3.05. The Morgan fingerprint density at radius 1 is 1.33 bits per heavy atom. The normalized spacial score (nSPS) is 11.2. The van der Waals surface area contributed by atoms with Gasteiger partial charge in [-0.1, -0.05) is 52.9 Å². The maximum Gasteiger partial charge on any atom is 0.249 e. The molecule has 0 unspecified atom stereocenters. The van der Waals surface area contributed by atoms with Gasteiger partial charge in [0.15, 0.2) is 0 Å². The number of nitrogens with two attached hydrogens (primary N) is 1. The van der Waals surface area contributed by atoms with Crippen LogP contribution in [0.15, 0.2) is 34.4 Å². The highest BCUT2D eigenvalue weighted by atomic mass is 127. The van der Waals surface area contributed by atoms with E-state index < -0.39 is 5.91 Å². The molecule has 1 aromatic rings. The summed E-state index contributed by atoms with van der Waals surface area (Å²) in [7, 11) is 0. The fraction of sp³-hybridized carbons (Fsp3) is 0. The number of hydrogen-bond donors (Lipinski definition) is 1. The van der Waals surface area contributed by atoms with Gasteiger partial charge in [0.1, 0.15) is 0 Å². The first-order valence-corrected chi connectivity index (χ1v) is 4.66. The monoisotopic (exact) mass is 273 g/mol. The Morgan fingerprint density at radius 3 is 2.33 bits per heavy atom. The van der Waals surface area contributed by atoms with Gasteiger partial charge in [-0.2, -0.15) is 0 Å². The number of amides is 1. The summed E-state index contributed by atoms with van der Waals surface area (Å²) in [4.78, 5) is 10.9. The molecule has 3 heteroatoms. The summed E-state index contributed by atoms with van der Waals surface area (Å²) in [6.07, 6.45) is 0. The highest BCUT2D eigenvalue weighted by Gasteiger charge is 2.05. The molecule has 0 fully saturated rings. The lowest BCUT2D eigenvalue weighted by atomic mass is 10.1. The van der Waals surface area contributed by atoms with Gasteiger partial charge in [-0.15, -0.1) is 0 Å². The van der Waals surface area contributed by atoms with Crippen LogP contribution in [-0.4, -0.2) is 5.91 Å². The molecular weight excluding hydrogens is 265 g/mol. The predicted octanol–water partition coefficient (Wildman–Crippen LogP) is 1.95. The van der Waals surface area contributed by atoms with Crippen LogP contribution >= 0.6 is 22.6 Å². The van der Waals surface area contributed by atoms with E-state index in [1.165, 1.54) is 0 Å². The number of rotatable bonds is 2. The van der Waals surface area contributed by atoms with Gasteiger partial charge in [0, 0.05) is 0 Å². The van der Waals surface area contributed by atoms with E-state index in [0.717, 1.165) is 5.56 Å². The summed E-state index contributed by atoms with van der Waals surface area (Å²) in [5.74, 6) is -0.393. The summed E-state index contributed by atoms with van der Waals surface area (Å²) in [5.41, 5.74) is 6.58. The topological polar surface area (TPSA) is 43.1 Å². The van der Waals surface area contributed by atoms with E-state index in [2.05, 4.69) is 0 Å². The lowest BCUT2D eigenvalue weighted by molar-refractivity contribution is -0.112. The second-order valence-electron chi connectivity index (χ2n) is 2.25. The average molecular weight is 273 g/mol. The van der Waals surface area contributed by atoms with Crippen LogP contribution in [-0.2, 0) is 4.79 Å². The van der Waals surface area contributed by atoms with Gasteiger partial charge in [0.05, 0.1) is 5.57 Å². The summed E-state index contributed by atoms with van der Waals surface area (Å²) in [6.45, 7) is 0. The van der Waals surface area contributed by atoms with Gasteiger partial charge in [0.25, 0.3) is 0 Å². The van der Waals surface area contributed by atoms with E-state index in [-0.39, 0.29) is 0 Å². The maximum absolute atomic E-state index is 10.9. The molecule has 0 saturated carbocycles. The molecule has 0 heterocycles. The van der Waals surface area contributed by atoms with Gasteiger partial charge in [0.2, 0.25) is 5.91 Å². The fourth-order valence-electron chi connectivity index (χ4n) is 0.877. The smallest absolute Gasteiger partial charge is 0.249 e. The van der Waals surface area contributed by atoms with Crippen molar-refractivity contribution in [1.82, 2.24) is 0 Å². The van der Waals surface area contributed by atoms with E-state index in [1.807, 2.05) is 52.9 Å². The highest BCUT2D eigenvalue weighted by Crippen LogP contribution is 2.14. The van der Waals surface area contributed by atoms with Crippen molar-refractivity contribution < 1.29 is 4.79 Å². The Labute approximate surface area is 84.6 Å². The van der Waals surface area contributed by atoms with Crippen molar-refractivity contribution in [2.24, 2.45) is 5.73 Å². The minimum Gasteiger partial charge on any atom is -0.366 e. The van der Waals surface area contributed by atoms with E-state index >= 15 is 0 Å². The third kappa shape index (κ3) is 2.07. The van der Waals surface area contributed by atoms with Crippen LogP contribution in [0, 0.1) is 0 Å². The van der Waals surface area contributed by atoms with Crippen molar-refractivity contribution in [3.8, 4) is 0 Å². The molecule has 1 aromatic carbocycles. The number of halogens is 1. The number of hydrogen-bond acceptors (Lipinski definition) is 1. The molecule has 0 aliphatic carbocycles. The summed E-state index contributed by atoms with van der Waals surface area (Å²) < 4.78 is 1.69. The lowest BCUT2D eigenvalue weighted by Crippen LogP contribution is -2.12. The Hall–Kier alpha value is -0.840. The third-order valence-corrected chi connectivity index (χ3v) is 2.08. The maximum atomic E-state index is 10.9. The first-order valence-electron chi connectivity index (χ1n) is 3.41. The van der Waals surface area contributed by atoms with Crippen molar-refractivity contribution in [2.45, 2.75) is 0 Å². The molecule has 0 radical (unpaired) electrons. The minimum absolute atomic E-state index is 0.393. The molecule has 1 rings (SSSR count). The molecule has 0 bridgehead atoms. The van der Waals surface area contributed by atoms with Crippen LogP contribution in [0.1, 0.15) is 5.56 Å². The zero-order valence-electron chi connectivity index (χ0n) is 6.33. The Kier molecular flexibility index (Phi) is 3.28. The molecule has 0 aliphatic heterocycles. The molecule has 1 amide bonds. The Morgan fingerprint density at radius 2 is 1.92 bits per heavy atom. The molecule has 0 spiro atoms. The average Bonchev–Trinajstić information content (AvgIpc) is 2.07. The van der Waals surface area contributed by atoms with Crippen LogP contribution in [0.4, 0.5) is 0 Å². The van der Waals surface area contributed by atoms with E-state index in [0.29, 0.717) is 5.57 Å². The van der Waals surface area contributed by atoms with Crippen LogP contribution in [0.3, 0.4) is 0 Å². The number of primary amides is 1. The second kappa shape index (κ2) is 4.25. The van der Waals surface area contributed by atoms with Gasteiger partial charge in [-0.05, 0) is 9.65 Å². The van der Waals surface area contributed by atoms with Crippen molar-refractivity contribution in [1.29, 1.82) is 0 Å². The second-order valence-corrected chi connectivity index (χ2v) is 2.88. The molecule has 0 saturated heterocycles. The molecule has 0 atom stereocenters. The van der Waals surface area contributed by atoms with Gasteiger partial charge >= 0.3 is 0 Å². The van der Waals surface area contributed by atoms with Gasteiger partial charge in [-0.25, -0.2) is 0 Å². The van der Waals surface area contributed by atoms with E-state index in [4.69, 9.17) is 5.73 Å². The zero-order chi connectivity index (χ0) is 8.97. The van der Waals surface area contributed by atoms with Crippen LogP contribution in [0.5, 0.6) is 0 Å². The van der Waals surface area contributed by atoms with E-state index in [1.54, 1.807) is 4.08 Å².